The van der Waals surface area contributed by atoms with Crippen molar-refractivity contribution in [1.29, 1.82) is 0 Å². The van der Waals surface area contributed by atoms with Gasteiger partial charge >= 0.3 is 5.97 Å². The van der Waals surface area contributed by atoms with Crippen LogP contribution in [0.5, 0.6) is 5.75 Å². The molecular weight excluding hydrogens is 432 g/mol. The summed E-state index contributed by atoms with van der Waals surface area (Å²) in [6.07, 6.45) is 0.486. The van der Waals surface area contributed by atoms with Crippen molar-refractivity contribution < 1.29 is 23.5 Å². The third-order valence-corrected chi connectivity index (χ3v) is 3.78. The van der Waals surface area contributed by atoms with Crippen molar-refractivity contribution in [3.8, 4) is 5.75 Å². The number of aldehydes is 1. The molecule has 0 aliphatic carbocycles. The van der Waals surface area contributed by atoms with E-state index in [0.717, 1.165) is 4.47 Å². The fourth-order valence-corrected chi connectivity index (χ4v) is 3.17. The van der Waals surface area contributed by atoms with Gasteiger partial charge in [-0.05, 0) is 54.0 Å². The molecule has 1 heterocycles. The number of ether oxygens (including phenoxy) is 2. The van der Waals surface area contributed by atoms with Crippen LogP contribution in [0.3, 0.4) is 0 Å². The van der Waals surface area contributed by atoms with Crippen molar-refractivity contribution in [3.63, 3.8) is 0 Å². The van der Waals surface area contributed by atoms with Gasteiger partial charge in [0.1, 0.15) is 18.1 Å². The first kappa shape index (κ1) is 17.7. The molecular formula is C16H14Br2O5. The second kappa shape index (κ2) is 7.79. The lowest BCUT2D eigenvalue weighted by atomic mass is 10.2. The third kappa shape index (κ3) is 4.68. The quantitative estimate of drug-likeness (QED) is 0.473. The minimum atomic E-state index is -0.523. The van der Waals surface area contributed by atoms with E-state index >= 15 is 0 Å². The lowest BCUT2D eigenvalue weighted by Gasteiger charge is -2.10. The molecule has 0 saturated heterocycles. The van der Waals surface area contributed by atoms with E-state index in [1.807, 2.05) is 0 Å². The molecule has 0 spiro atoms. The Kier molecular flexibility index (Phi) is 6.01. The summed E-state index contributed by atoms with van der Waals surface area (Å²) >= 11 is 6.66. The highest BCUT2D eigenvalue weighted by Crippen LogP contribution is 2.32. The Morgan fingerprint density at radius 2 is 2.04 bits per heavy atom. The van der Waals surface area contributed by atoms with Gasteiger partial charge in [0.25, 0.3) is 0 Å². The summed E-state index contributed by atoms with van der Waals surface area (Å²) in [6.45, 7) is 3.60. The lowest BCUT2D eigenvalue weighted by molar-refractivity contribution is 0.0337. The van der Waals surface area contributed by atoms with Crippen LogP contribution in [0.4, 0.5) is 0 Å². The lowest BCUT2D eigenvalue weighted by Crippen LogP contribution is -2.10. The number of benzene rings is 1. The molecule has 5 nitrogen and oxygen atoms in total. The van der Waals surface area contributed by atoms with Crippen molar-refractivity contribution in [3.05, 3.63) is 50.3 Å². The van der Waals surface area contributed by atoms with Crippen molar-refractivity contribution in [1.82, 2.24) is 0 Å². The first-order chi connectivity index (χ1) is 10.9. The normalized spacial score (nSPS) is 10.7. The van der Waals surface area contributed by atoms with Crippen LogP contribution in [-0.4, -0.2) is 18.4 Å². The maximum absolute atomic E-state index is 11.7. The number of hydrogen-bond acceptors (Lipinski definition) is 5. The molecule has 7 heteroatoms. The van der Waals surface area contributed by atoms with Gasteiger partial charge in [-0.15, -0.1) is 0 Å². The van der Waals surface area contributed by atoms with E-state index in [9.17, 15) is 9.59 Å². The number of hydrogen-bond donors (Lipinski definition) is 0. The zero-order chi connectivity index (χ0) is 17.0. The Labute approximate surface area is 150 Å². The summed E-state index contributed by atoms with van der Waals surface area (Å²) in [5.74, 6) is 0.450. The Balaban J connectivity index is 2.09. The zero-order valence-corrected chi connectivity index (χ0v) is 15.6. The van der Waals surface area contributed by atoms with Crippen LogP contribution >= 0.6 is 31.9 Å². The van der Waals surface area contributed by atoms with E-state index < -0.39 is 5.97 Å². The summed E-state index contributed by atoms with van der Waals surface area (Å²) in [5.41, 5.74) is 0.400. The van der Waals surface area contributed by atoms with Crippen LogP contribution in [0.2, 0.25) is 0 Å². The van der Waals surface area contributed by atoms with Crippen molar-refractivity contribution >= 4 is 44.1 Å². The molecule has 0 unspecified atom stereocenters. The Morgan fingerprint density at radius 3 is 2.70 bits per heavy atom. The minimum Gasteiger partial charge on any atom is -0.484 e. The number of carbonyl (C=O) groups is 2. The van der Waals surface area contributed by atoms with E-state index in [-0.39, 0.29) is 18.5 Å². The second-order valence-corrected chi connectivity index (χ2v) is 6.70. The Hall–Kier alpha value is -1.60. The largest absolute Gasteiger partial charge is 0.484 e. The Morgan fingerprint density at radius 1 is 1.30 bits per heavy atom. The van der Waals surface area contributed by atoms with E-state index in [1.165, 1.54) is 6.07 Å². The molecule has 0 bridgehead atoms. The van der Waals surface area contributed by atoms with Crippen LogP contribution < -0.4 is 4.74 Å². The van der Waals surface area contributed by atoms with Crippen molar-refractivity contribution in [2.24, 2.45) is 0 Å². The molecule has 1 aromatic carbocycles. The fraction of sp³-hybridized carbons (Fsp3) is 0.250. The van der Waals surface area contributed by atoms with Crippen molar-refractivity contribution in [2.75, 3.05) is 0 Å². The molecule has 2 rings (SSSR count). The first-order valence-corrected chi connectivity index (χ1v) is 8.36. The summed E-state index contributed by atoms with van der Waals surface area (Å²) in [5, 5.41) is 0. The minimum absolute atomic E-state index is 0.0794. The number of furan rings is 1. The molecule has 0 aliphatic rings. The summed E-state index contributed by atoms with van der Waals surface area (Å²) in [6, 6.07) is 6.58. The SMILES string of the molecule is CC(C)OC(=O)c1ccc(COc2c(Br)cc(Br)cc2C=O)o1. The van der Waals surface area contributed by atoms with Gasteiger partial charge in [-0.3, -0.25) is 4.79 Å². The van der Waals surface area contributed by atoms with Gasteiger partial charge in [-0.2, -0.15) is 0 Å². The van der Waals surface area contributed by atoms with Gasteiger partial charge in [-0.1, -0.05) is 15.9 Å². The topological polar surface area (TPSA) is 65.7 Å². The first-order valence-electron chi connectivity index (χ1n) is 6.77. The van der Waals surface area contributed by atoms with Crippen molar-refractivity contribution in [2.45, 2.75) is 26.6 Å². The maximum Gasteiger partial charge on any atom is 0.374 e. The van der Waals surface area contributed by atoms with Gasteiger partial charge < -0.3 is 13.9 Å². The van der Waals surface area contributed by atoms with E-state index in [4.69, 9.17) is 13.9 Å². The second-order valence-electron chi connectivity index (χ2n) is 4.93. The predicted molar refractivity (Wildman–Crippen MR) is 90.8 cm³/mol. The third-order valence-electron chi connectivity index (χ3n) is 2.73. The van der Waals surface area contributed by atoms with Crippen LogP contribution in [-0.2, 0) is 11.3 Å². The summed E-state index contributed by atoms with van der Waals surface area (Å²) in [4.78, 5) is 22.9. The van der Waals surface area contributed by atoms with Crippen LogP contribution in [0.1, 0.15) is 40.5 Å². The fourth-order valence-electron chi connectivity index (χ4n) is 1.80. The molecule has 0 atom stereocenters. The highest BCUT2D eigenvalue weighted by molar-refractivity contribution is 9.11. The maximum atomic E-state index is 11.7. The molecule has 122 valence electrons. The standard InChI is InChI=1S/C16H14Br2O5/c1-9(2)22-16(20)14-4-3-12(23-14)8-21-15-10(7-19)5-11(17)6-13(15)18/h3-7,9H,8H2,1-2H3. The molecule has 0 saturated carbocycles. The molecule has 0 radical (unpaired) electrons. The van der Waals surface area contributed by atoms with E-state index in [2.05, 4.69) is 31.9 Å². The molecule has 2 aromatic rings. The predicted octanol–water partition coefficient (Wildman–Crippen LogP) is 4.76. The zero-order valence-electron chi connectivity index (χ0n) is 12.5. The molecule has 23 heavy (non-hydrogen) atoms. The summed E-state index contributed by atoms with van der Waals surface area (Å²) in [7, 11) is 0. The van der Waals surface area contributed by atoms with Gasteiger partial charge in [0.2, 0.25) is 5.76 Å². The van der Waals surface area contributed by atoms with E-state index in [0.29, 0.717) is 27.8 Å². The van der Waals surface area contributed by atoms with Crippen LogP contribution in [0, 0.1) is 0 Å². The van der Waals surface area contributed by atoms with Crippen LogP contribution in [0.25, 0.3) is 0 Å². The summed E-state index contributed by atoms with van der Waals surface area (Å²) < 4.78 is 17.5. The number of carbonyl (C=O) groups excluding carboxylic acids is 2. The molecule has 0 N–H and O–H groups in total. The number of rotatable bonds is 6. The average Bonchev–Trinajstić information content (AvgIpc) is 2.93. The van der Waals surface area contributed by atoms with Crippen LogP contribution in [0.15, 0.2) is 37.6 Å². The smallest absolute Gasteiger partial charge is 0.374 e. The molecule has 0 amide bonds. The number of esters is 1. The van der Waals surface area contributed by atoms with E-state index in [1.54, 1.807) is 32.0 Å². The molecule has 0 fully saturated rings. The van der Waals surface area contributed by atoms with Gasteiger partial charge in [-0.25, -0.2) is 4.79 Å². The average molecular weight is 446 g/mol. The van der Waals surface area contributed by atoms with Gasteiger partial charge in [0.05, 0.1) is 16.1 Å². The molecule has 0 aliphatic heterocycles. The Bertz CT molecular complexity index is 721. The van der Waals surface area contributed by atoms with Gasteiger partial charge in [0, 0.05) is 4.47 Å². The molecule has 1 aromatic heterocycles. The monoisotopic (exact) mass is 444 g/mol. The highest BCUT2D eigenvalue weighted by atomic mass is 79.9. The number of halogens is 2. The highest BCUT2D eigenvalue weighted by Gasteiger charge is 2.15. The van der Waals surface area contributed by atoms with Gasteiger partial charge in [0.15, 0.2) is 6.29 Å².